The minimum Gasteiger partial charge on any atom is -0.311 e. The van der Waals surface area contributed by atoms with Crippen LogP contribution in [0.4, 0.5) is 0 Å². The van der Waals surface area contributed by atoms with Gasteiger partial charge in [-0.25, -0.2) is 0 Å². The number of hydrogen-bond donors (Lipinski definition) is 1. The SMILES string of the molecule is C=C/C=C(\C=C)[C@](OSI)(C1=CCCC=C1)C1CCCN1. The molecule has 21 heavy (non-hydrogen) atoms. The molecule has 0 saturated carbocycles. The van der Waals surface area contributed by atoms with E-state index in [1.807, 2.05) is 18.2 Å². The van der Waals surface area contributed by atoms with Crippen LogP contribution in [0.25, 0.3) is 0 Å². The maximum atomic E-state index is 6.29. The van der Waals surface area contributed by atoms with Gasteiger partial charge in [0.1, 0.15) is 5.60 Å². The molecule has 0 amide bonds. The molecule has 0 aromatic rings. The van der Waals surface area contributed by atoms with Gasteiger partial charge in [0.15, 0.2) is 0 Å². The molecule has 1 fully saturated rings. The highest BCUT2D eigenvalue weighted by atomic mass is 127. The van der Waals surface area contributed by atoms with Crippen molar-refractivity contribution in [3.63, 3.8) is 0 Å². The Bertz CT molecular complexity index is 477. The van der Waals surface area contributed by atoms with E-state index in [0.29, 0.717) is 0 Å². The summed E-state index contributed by atoms with van der Waals surface area (Å²) >= 11 is 2.20. The van der Waals surface area contributed by atoms with Crippen LogP contribution in [0, 0.1) is 0 Å². The van der Waals surface area contributed by atoms with Crippen LogP contribution in [-0.4, -0.2) is 18.2 Å². The van der Waals surface area contributed by atoms with Gasteiger partial charge < -0.3 is 5.32 Å². The molecule has 1 N–H and O–H groups in total. The minimum atomic E-state index is -0.491. The summed E-state index contributed by atoms with van der Waals surface area (Å²) in [5.74, 6) is 0. The molecule has 1 heterocycles. The Kier molecular flexibility index (Phi) is 6.79. The van der Waals surface area contributed by atoms with Gasteiger partial charge in [0.25, 0.3) is 0 Å². The van der Waals surface area contributed by atoms with E-state index in [-0.39, 0.29) is 6.04 Å². The largest absolute Gasteiger partial charge is 0.311 e. The first-order valence-electron chi connectivity index (χ1n) is 7.32. The van der Waals surface area contributed by atoms with E-state index in [1.54, 1.807) is 0 Å². The monoisotopic (exact) mass is 415 g/mol. The van der Waals surface area contributed by atoms with E-state index in [1.165, 1.54) is 21.2 Å². The van der Waals surface area contributed by atoms with E-state index >= 15 is 0 Å². The second-order valence-electron chi connectivity index (χ2n) is 5.23. The molecule has 0 radical (unpaired) electrons. The van der Waals surface area contributed by atoms with Crippen molar-refractivity contribution >= 4 is 30.4 Å². The summed E-state index contributed by atoms with van der Waals surface area (Å²) in [5, 5.41) is 3.61. The zero-order chi connectivity index (χ0) is 15.1. The van der Waals surface area contributed by atoms with Crippen molar-refractivity contribution in [2.45, 2.75) is 37.3 Å². The topological polar surface area (TPSA) is 21.3 Å². The van der Waals surface area contributed by atoms with Crippen molar-refractivity contribution < 1.29 is 4.18 Å². The first-order chi connectivity index (χ1) is 10.3. The fourth-order valence-electron chi connectivity index (χ4n) is 3.16. The zero-order valence-electron chi connectivity index (χ0n) is 12.2. The van der Waals surface area contributed by atoms with Crippen LogP contribution in [0.2, 0.25) is 0 Å². The third kappa shape index (κ3) is 3.55. The smallest absolute Gasteiger partial charge is 0.149 e. The maximum absolute atomic E-state index is 6.29. The molecule has 2 nitrogen and oxygen atoms in total. The summed E-state index contributed by atoms with van der Waals surface area (Å²) < 4.78 is 6.29. The predicted molar refractivity (Wildman–Crippen MR) is 101 cm³/mol. The molecule has 1 unspecified atom stereocenters. The van der Waals surface area contributed by atoms with Crippen LogP contribution in [0.15, 0.2) is 60.8 Å². The highest BCUT2D eigenvalue weighted by molar-refractivity contribution is 14.2. The molecule has 1 aliphatic heterocycles. The average molecular weight is 415 g/mol. The van der Waals surface area contributed by atoms with Crippen molar-refractivity contribution in [3.05, 3.63) is 60.8 Å². The summed E-state index contributed by atoms with van der Waals surface area (Å²) in [6.07, 6.45) is 16.9. The van der Waals surface area contributed by atoms with Crippen molar-refractivity contribution in [1.82, 2.24) is 5.32 Å². The van der Waals surface area contributed by atoms with E-state index in [0.717, 1.165) is 31.4 Å². The third-order valence-corrected chi connectivity index (χ3v) is 4.95. The van der Waals surface area contributed by atoms with E-state index in [4.69, 9.17) is 4.18 Å². The molecule has 1 aliphatic carbocycles. The Morgan fingerprint density at radius 1 is 1.48 bits per heavy atom. The van der Waals surface area contributed by atoms with Crippen molar-refractivity contribution in [2.24, 2.45) is 0 Å². The van der Waals surface area contributed by atoms with E-state index < -0.39 is 5.60 Å². The van der Waals surface area contributed by atoms with Crippen LogP contribution >= 0.6 is 30.4 Å². The van der Waals surface area contributed by atoms with Gasteiger partial charge in [0.05, 0.1) is 9.21 Å². The second-order valence-corrected chi connectivity index (χ2v) is 6.60. The third-order valence-electron chi connectivity index (χ3n) is 4.08. The van der Waals surface area contributed by atoms with Crippen molar-refractivity contribution in [3.8, 4) is 0 Å². The predicted octanol–water partition coefficient (Wildman–Crippen LogP) is 5.07. The van der Waals surface area contributed by atoms with Gasteiger partial charge in [-0.15, -0.1) is 0 Å². The van der Waals surface area contributed by atoms with Crippen molar-refractivity contribution in [2.75, 3.05) is 6.54 Å². The van der Waals surface area contributed by atoms with Crippen LogP contribution < -0.4 is 5.32 Å². The molecule has 0 bridgehead atoms. The molecule has 2 aliphatic rings. The Labute approximate surface area is 144 Å². The molecule has 2 atom stereocenters. The van der Waals surface area contributed by atoms with Gasteiger partial charge in [-0.2, -0.15) is 0 Å². The number of allylic oxidation sites excluding steroid dienone is 4. The van der Waals surface area contributed by atoms with Gasteiger partial charge in [0.2, 0.25) is 0 Å². The van der Waals surface area contributed by atoms with Crippen LogP contribution in [0.3, 0.4) is 0 Å². The molecule has 2 rings (SSSR count). The Morgan fingerprint density at radius 3 is 2.86 bits per heavy atom. The highest BCUT2D eigenvalue weighted by Crippen LogP contribution is 2.43. The molecular formula is C17H22INOS. The minimum absolute atomic E-state index is 0.262. The van der Waals surface area contributed by atoms with Gasteiger partial charge in [-0.1, -0.05) is 49.6 Å². The molecule has 4 heteroatoms. The van der Waals surface area contributed by atoms with Crippen LogP contribution in [0.1, 0.15) is 25.7 Å². The van der Waals surface area contributed by atoms with Gasteiger partial charge in [0, 0.05) is 27.2 Å². The van der Waals surface area contributed by atoms with E-state index in [9.17, 15) is 0 Å². The molecular weight excluding hydrogens is 393 g/mol. The lowest BCUT2D eigenvalue weighted by molar-refractivity contribution is 0.145. The first-order valence-corrected chi connectivity index (χ1v) is 10.6. The van der Waals surface area contributed by atoms with Crippen LogP contribution in [-0.2, 0) is 4.18 Å². The molecule has 114 valence electrons. The van der Waals surface area contributed by atoms with Gasteiger partial charge >= 0.3 is 0 Å². The molecule has 1 saturated heterocycles. The first kappa shape index (κ1) is 17.1. The quantitative estimate of drug-likeness (QED) is 0.357. The molecule has 0 aromatic heterocycles. The van der Waals surface area contributed by atoms with Gasteiger partial charge in [-0.05, 0) is 43.4 Å². The average Bonchev–Trinajstić information content (AvgIpc) is 3.06. The Morgan fingerprint density at radius 2 is 2.33 bits per heavy atom. The summed E-state index contributed by atoms with van der Waals surface area (Å²) in [6.45, 7) is 8.89. The Balaban J connectivity index is 2.54. The lowest BCUT2D eigenvalue weighted by atomic mass is 9.76. The lowest BCUT2D eigenvalue weighted by Gasteiger charge is -2.40. The summed E-state index contributed by atoms with van der Waals surface area (Å²) in [4.78, 5) is 0. The van der Waals surface area contributed by atoms with Crippen molar-refractivity contribution in [1.29, 1.82) is 0 Å². The van der Waals surface area contributed by atoms with Gasteiger partial charge in [-0.3, -0.25) is 4.18 Å². The van der Waals surface area contributed by atoms with Crippen LogP contribution in [0.5, 0.6) is 0 Å². The number of rotatable bonds is 7. The second kappa shape index (κ2) is 8.36. The normalized spacial score (nSPS) is 25.3. The zero-order valence-corrected chi connectivity index (χ0v) is 15.2. The fourth-order valence-corrected chi connectivity index (χ4v) is 4.42. The van der Waals surface area contributed by atoms with E-state index in [2.05, 4.69) is 57.9 Å². The summed E-state index contributed by atoms with van der Waals surface area (Å²) in [7, 11) is 1.39. The standard InChI is InChI=1S/C17H22INOS/c1-3-9-14(4-2)17(20-21-18,16-12-8-13-19-16)15-10-6-5-7-11-15/h3-4,6,9-11,16,19H,1-2,5,7-8,12-13H2/b14-9+/t16?,17-/m0/s1. The molecule has 0 aromatic carbocycles. The molecule has 0 spiro atoms. The Hall–Kier alpha value is -0.300. The lowest BCUT2D eigenvalue weighted by Crippen LogP contribution is -2.51. The summed E-state index contributed by atoms with van der Waals surface area (Å²) in [6, 6.07) is 0.262. The number of hydrogen-bond acceptors (Lipinski definition) is 3. The fraction of sp³-hybridized carbons (Fsp3) is 0.412. The highest BCUT2D eigenvalue weighted by Gasteiger charge is 2.46. The summed E-state index contributed by atoms with van der Waals surface area (Å²) in [5.41, 5.74) is 1.80. The maximum Gasteiger partial charge on any atom is 0.149 e. The number of nitrogens with one attached hydrogen (secondary N) is 1. The number of halogens is 1.